The fourth-order valence-electron chi connectivity index (χ4n) is 5.47. The predicted molar refractivity (Wildman–Crippen MR) is 143 cm³/mol. The van der Waals surface area contributed by atoms with Crippen LogP contribution in [0.3, 0.4) is 0 Å². The van der Waals surface area contributed by atoms with E-state index >= 15 is 0 Å². The second-order valence-electron chi connectivity index (χ2n) is 9.95. The minimum absolute atomic E-state index is 0.167. The molecule has 3 aromatic rings. The number of hydrogen-bond acceptors (Lipinski definition) is 8. The van der Waals surface area contributed by atoms with Crippen LogP contribution in [0.5, 0.6) is 0 Å². The van der Waals surface area contributed by atoms with Crippen molar-refractivity contribution in [3.05, 3.63) is 63.6 Å². The van der Waals surface area contributed by atoms with Crippen molar-refractivity contribution in [3.8, 4) is 0 Å². The van der Waals surface area contributed by atoms with Crippen LogP contribution in [0, 0.1) is 17.0 Å². The van der Waals surface area contributed by atoms with Gasteiger partial charge in [-0.1, -0.05) is 25.5 Å². The molecule has 200 valence electrons. The second kappa shape index (κ2) is 10.5. The Labute approximate surface area is 220 Å². The van der Waals surface area contributed by atoms with Crippen LogP contribution in [0.2, 0.25) is 0 Å². The first kappa shape index (κ1) is 25.8. The fourth-order valence-corrected chi connectivity index (χ4v) is 5.47. The molecule has 1 fully saturated rings. The maximum absolute atomic E-state index is 13.5. The molecular formula is C27H32N6O5. The van der Waals surface area contributed by atoms with Gasteiger partial charge >= 0.3 is 5.82 Å². The highest BCUT2D eigenvalue weighted by atomic mass is 16.6. The molecule has 38 heavy (non-hydrogen) atoms. The summed E-state index contributed by atoms with van der Waals surface area (Å²) in [6.45, 7) is 8.14. The van der Waals surface area contributed by atoms with Crippen molar-refractivity contribution in [1.29, 1.82) is 0 Å². The molecule has 0 bridgehead atoms. The van der Waals surface area contributed by atoms with E-state index in [2.05, 4.69) is 21.7 Å². The van der Waals surface area contributed by atoms with Crippen LogP contribution < -0.4 is 4.90 Å². The third kappa shape index (κ3) is 4.63. The van der Waals surface area contributed by atoms with Gasteiger partial charge in [0, 0.05) is 60.7 Å². The minimum Gasteiger partial charge on any atom is -0.387 e. The summed E-state index contributed by atoms with van der Waals surface area (Å²) < 4.78 is 1.27. The first-order valence-electron chi connectivity index (χ1n) is 13.0. The topological polar surface area (TPSA) is 125 Å². The summed E-state index contributed by atoms with van der Waals surface area (Å²) in [6, 6.07) is 9.20. The summed E-state index contributed by atoms with van der Waals surface area (Å²) in [5.41, 5.74) is 1.84. The lowest BCUT2D eigenvalue weighted by molar-refractivity contribution is -0.392. The van der Waals surface area contributed by atoms with Crippen LogP contribution in [-0.4, -0.2) is 86.6 Å². The normalized spacial score (nSPS) is 16.9. The zero-order valence-corrected chi connectivity index (χ0v) is 21.7. The van der Waals surface area contributed by atoms with E-state index in [1.165, 1.54) is 17.4 Å². The average molecular weight is 521 g/mol. The van der Waals surface area contributed by atoms with Gasteiger partial charge in [-0.15, -0.1) is 0 Å². The number of carbonyl (C=O) groups excluding carboxylic acids is 2. The zero-order chi connectivity index (χ0) is 27.0. The van der Waals surface area contributed by atoms with Gasteiger partial charge in [0.1, 0.15) is 18.8 Å². The Morgan fingerprint density at radius 3 is 2.45 bits per heavy atom. The number of aryl methyl sites for hydroxylation is 1. The van der Waals surface area contributed by atoms with E-state index in [9.17, 15) is 24.8 Å². The van der Waals surface area contributed by atoms with Crippen LogP contribution in [-0.2, 0) is 6.54 Å². The Hall–Kier alpha value is -3.83. The standard InChI is InChI=1S/C27H32N6O5/c1-3-4-10-29-11-13-30(14-12-29)23-9-8-22-25-20(23)6-5-7-21(25)26(35)32(27(22)36)17-19(34)16-31-18(2)28-15-24(31)33(37)38/h5-9,15,19,34H,3-4,10-14,16-17H2,1-2H3. The average Bonchev–Trinajstić information content (AvgIpc) is 3.28. The Morgan fingerprint density at radius 1 is 1.05 bits per heavy atom. The Bertz CT molecular complexity index is 1370. The largest absolute Gasteiger partial charge is 0.387 e. The van der Waals surface area contributed by atoms with Crippen molar-refractivity contribution >= 4 is 34.1 Å². The number of β-amino-alcohol motifs (C(OH)–C–C–N with tert-alkyl or cyclic N) is 1. The lowest BCUT2D eigenvalue weighted by Gasteiger charge is -2.37. The molecule has 2 aliphatic heterocycles. The SMILES string of the molecule is CCCCN1CCN(c2ccc3c4c(cccc24)C(=O)N(CC(O)Cn2c([N+](=O)[O-])cnc2C)C3=O)CC1. The van der Waals surface area contributed by atoms with Gasteiger partial charge in [-0.3, -0.25) is 19.4 Å². The first-order valence-corrected chi connectivity index (χ1v) is 13.0. The number of benzene rings is 2. The number of aliphatic hydroxyl groups excluding tert-OH is 1. The number of amides is 2. The van der Waals surface area contributed by atoms with Gasteiger partial charge in [0.25, 0.3) is 11.8 Å². The quantitative estimate of drug-likeness (QED) is 0.259. The molecule has 2 aliphatic rings. The van der Waals surface area contributed by atoms with Gasteiger partial charge in [-0.2, -0.15) is 0 Å². The van der Waals surface area contributed by atoms with Crippen molar-refractivity contribution < 1.29 is 19.6 Å². The third-order valence-electron chi connectivity index (χ3n) is 7.52. The lowest BCUT2D eigenvalue weighted by Crippen LogP contribution is -2.47. The van der Waals surface area contributed by atoms with Crippen LogP contribution in [0.15, 0.2) is 36.5 Å². The molecule has 0 saturated carbocycles. The number of nitrogens with zero attached hydrogens (tertiary/aromatic N) is 6. The van der Waals surface area contributed by atoms with Gasteiger partial charge in [0.15, 0.2) is 5.82 Å². The molecule has 5 rings (SSSR count). The van der Waals surface area contributed by atoms with Crippen molar-refractivity contribution in [2.45, 2.75) is 39.3 Å². The minimum atomic E-state index is -1.21. The van der Waals surface area contributed by atoms with Gasteiger partial charge in [0.05, 0.1) is 6.54 Å². The molecule has 1 saturated heterocycles. The van der Waals surface area contributed by atoms with Crippen molar-refractivity contribution in [2.75, 3.05) is 44.2 Å². The van der Waals surface area contributed by atoms with E-state index in [0.29, 0.717) is 22.3 Å². The van der Waals surface area contributed by atoms with Crippen molar-refractivity contribution in [1.82, 2.24) is 19.4 Å². The fraction of sp³-hybridized carbons (Fsp3) is 0.444. The molecule has 1 N–H and O–H groups in total. The molecule has 0 radical (unpaired) electrons. The number of imide groups is 1. The molecule has 1 unspecified atom stereocenters. The van der Waals surface area contributed by atoms with Gasteiger partial charge in [-0.05, 0) is 36.1 Å². The third-order valence-corrected chi connectivity index (χ3v) is 7.52. The van der Waals surface area contributed by atoms with Crippen molar-refractivity contribution in [3.63, 3.8) is 0 Å². The van der Waals surface area contributed by atoms with Crippen LogP contribution in [0.1, 0.15) is 46.3 Å². The number of carbonyl (C=O) groups is 2. The van der Waals surface area contributed by atoms with Crippen LogP contribution >= 0.6 is 0 Å². The maximum atomic E-state index is 13.5. The number of unbranched alkanes of at least 4 members (excludes halogenated alkanes) is 1. The number of imidazole rings is 1. The summed E-state index contributed by atoms with van der Waals surface area (Å²) in [5, 5.41) is 23.5. The maximum Gasteiger partial charge on any atom is 0.342 e. The molecule has 1 atom stereocenters. The molecule has 2 amide bonds. The summed E-state index contributed by atoms with van der Waals surface area (Å²) >= 11 is 0. The smallest absolute Gasteiger partial charge is 0.342 e. The van der Waals surface area contributed by atoms with E-state index in [1.54, 1.807) is 19.1 Å². The van der Waals surface area contributed by atoms with E-state index in [1.807, 2.05) is 18.2 Å². The monoisotopic (exact) mass is 520 g/mol. The highest BCUT2D eigenvalue weighted by molar-refractivity contribution is 6.26. The zero-order valence-electron chi connectivity index (χ0n) is 21.7. The number of nitro groups is 1. The first-order chi connectivity index (χ1) is 18.3. The van der Waals surface area contributed by atoms with Crippen LogP contribution in [0.25, 0.3) is 10.8 Å². The molecule has 1 aromatic heterocycles. The molecule has 2 aromatic carbocycles. The summed E-state index contributed by atoms with van der Waals surface area (Å²) in [4.78, 5) is 47.4. The number of rotatable bonds is 9. The van der Waals surface area contributed by atoms with E-state index in [-0.39, 0.29) is 18.9 Å². The van der Waals surface area contributed by atoms with Crippen LogP contribution in [0.4, 0.5) is 11.5 Å². The highest BCUT2D eigenvalue weighted by Crippen LogP contribution is 2.36. The van der Waals surface area contributed by atoms with Gasteiger partial charge < -0.3 is 20.1 Å². The number of anilines is 1. The van der Waals surface area contributed by atoms with E-state index in [0.717, 1.165) is 54.9 Å². The lowest BCUT2D eigenvalue weighted by atomic mass is 9.92. The number of aromatic nitrogens is 2. The number of aliphatic hydroxyl groups is 1. The summed E-state index contributed by atoms with van der Waals surface area (Å²) in [7, 11) is 0. The Kier molecular flexibility index (Phi) is 7.13. The predicted octanol–water partition coefficient (Wildman–Crippen LogP) is 2.83. The van der Waals surface area contributed by atoms with Crippen molar-refractivity contribution in [2.24, 2.45) is 0 Å². The molecule has 3 heterocycles. The molecule has 0 aliphatic carbocycles. The van der Waals surface area contributed by atoms with E-state index in [4.69, 9.17) is 0 Å². The second-order valence-corrected chi connectivity index (χ2v) is 9.95. The molecule has 0 spiro atoms. The Balaban J connectivity index is 1.38. The van der Waals surface area contributed by atoms with Gasteiger partial charge in [-0.25, -0.2) is 9.55 Å². The molecule has 11 nitrogen and oxygen atoms in total. The number of hydrogen-bond donors (Lipinski definition) is 1. The Morgan fingerprint density at radius 2 is 1.76 bits per heavy atom. The molecular weight excluding hydrogens is 488 g/mol. The summed E-state index contributed by atoms with van der Waals surface area (Å²) in [5.74, 6) is -0.858. The molecule has 11 heteroatoms. The van der Waals surface area contributed by atoms with E-state index < -0.39 is 22.8 Å². The summed E-state index contributed by atoms with van der Waals surface area (Å²) in [6.07, 6.45) is 2.28. The highest BCUT2D eigenvalue weighted by Gasteiger charge is 2.36. The number of piperazine rings is 1. The van der Waals surface area contributed by atoms with Gasteiger partial charge in [0.2, 0.25) is 0 Å².